The zero-order valence-electron chi connectivity index (χ0n) is 11.7. The van der Waals surface area contributed by atoms with Crippen molar-refractivity contribution in [3.8, 4) is 11.3 Å². The van der Waals surface area contributed by atoms with E-state index >= 15 is 0 Å². The monoisotopic (exact) mass is 293 g/mol. The van der Waals surface area contributed by atoms with Crippen LogP contribution < -0.4 is 5.43 Å². The Hall–Kier alpha value is -2.46. The van der Waals surface area contributed by atoms with E-state index in [4.69, 9.17) is 0 Å². The van der Waals surface area contributed by atoms with Crippen LogP contribution in [0.15, 0.2) is 65.1 Å². The van der Waals surface area contributed by atoms with Gasteiger partial charge in [0, 0.05) is 10.9 Å². The molecule has 0 aliphatic heterocycles. The van der Waals surface area contributed by atoms with Crippen molar-refractivity contribution in [1.29, 1.82) is 0 Å². The number of nitrogens with zero attached hydrogens (tertiary/aromatic N) is 2. The molecule has 1 aromatic heterocycles. The molecule has 4 heteroatoms. The van der Waals surface area contributed by atoms with Crippen LogP contribution in [0.2, 0.25) is 0 Å². The van der Waals surface area contributed by atoms with Crippen LogP contribution in [0.25, 0.3) is 11.3 Å². The van der Waals surface area contributed by atoms with Gasteiger partial charge in [-0.25, -0.2) is 4.98 Å². The van der Waals surface area contributed by atoms with E-state index in [1.165, 1.54) is 5.56 Å². The van der Waals surface area contributed by atoms with Gasteiger partial charge in [-0.3, -0.25) is 5.43 Å². The smallest absolute Gasteiger partial charge is 0.203 e. The lowest BCUT2D eigenvalue weighted by atomic mass is 10.2. The van der Waals surface area contributed by atoms with Gasteiger partial charge in [-0.15, -0.1) is 11.3 Å². The van der Waals surface area contributed by atoms with Gasteiger partial charge >= 0.3 is 0 Å². The van der Waals surface area contributed by atoms with Gasteiger partial charge in [0.15, 0.2) is 0 Å². The van der Waals surface area contributed by atoms with E-state index in [-0.39, 0.29) is 0 Å². The van der Waals surface area contributed by atoms with Gasteiger partial charge in [0.2, 0.25) is 5.13 Å². The van der Waals surface area contributed by atoms with E-state index in [2.05, 4.69) is 46.7 Å². The largest absolute Gasteiger partial charge is 0.253 e. The number of benzene rings is 2. The molecule has 0 saturated heterocycles. The Morgan fingerprint density at radius 3 is 2.76 bits per heavy atom. The molecule has 1 N–H and O–H groups in total. The first kappa shape index (κ1) is 13.5. The molecule has 0 amide bonds. The van der Waals surface area contributed by atoms with Crippen molar-refractivity contribution in [2.75, 3.05) is 5.43 Å². The summed E-state index contributed by atoms with van der Waals surface area (Å²) in [4.78, 5) is 4.52. The van der Waals surface area contributed by atoms with Crippen LogP contribution in [0.5, 0.6) is 0 Å². The van der Waals surface area contributed by atoms with Crippen LogP contribution in [-0.2, 0) is 0 Å². The molecular formula is C17H15N3S. The van der Waals surface area contributed by atoms with Gasteiger partial charge in [-0.2, -0.15) is 5.10 Å². The fourth-order valence-electron chi connectivity index (χ4n) is 1.98. The predicted molar refractivity (Wildman–Crippen MR) is 89.9 cm³/mol. The fraction of sp³-hybridized carbons (Fsp3) is 0.0588. The molecule has 0 unspecified atom stereocenters. The highest BCUT2D eigenvalue weighted by Crippen LogP contribution is 2.24. The van der Waals surface area contributed by atoms with Crippen molar-refractivity contribution >= 4 is 22.7 Å². The normalized spacial score (nSPS) is 10.9. The minimum atomic E-state index is 0.790. The van der Waals surface area contributed by atoms with Crippen LogP contribution in [-0.4, -0.2) is 11.2 Å². The maximum Gasteiger partial charge on any atom is 0.203 e. The lowest BCUT2D eigenvalue weighted by Gasteiger charge is -1.96. The lowest BCUT2D eigenvalue weighted by molar-refractivity contribution is 1.29. The third kappa shape index (κ3) is 3.55. The molecular weight excluding hydrogens is 278 g/mol. The number of anilines is 1. The summed E-state index contributed by atoms with van der Waals surface area (Å²) < 4.78 is 0. The molecule has 3 aromatic rings. The summed E-state index contributed by atoms with van der Waals surface area (Å²) >= 11 is 1.55. The molecule has 0 spiro atoms. The van der Waals surface area contributed by atoms with Gasteiger partial charge in [0.05, 0.1) is 11.9 Å². The predicted octanol–water partition coefficient (Wildman–Crippen LogP) is 4.56. The van der Waals surface area contributed by atoms with E-state index < -0.39 is 0 Å². The van der Waals surface area contributed by atoms with Crippen LogP contribution in [0, 0.1) is 6.92 Å². The molecule has 21 heavy (non-hydrogen) atoms. The van der Waals surface area contributed by atoms with Crippen molar-refractivity contribution in [1.82, 2.24) is 4.98 Å². The van der Waals surface area contributed by atoms with Crippen LogP contribution in [0.1, 0.15) is 11.1 Å². The van der Waals surface area contributed by atoms with Gasteiger partial charge in [0.1, 0.15) is 0 Å². The number of hydrogen-bond acceptors (Lipinski definition) is 4. The molecule has 0 aliphatic carbocycles. The first-order valence-electron chi connectivity index (χ1n) is 6.68. The summed E-state index contributed by atoms with van der Waals surface area (Å²) in [5, 5.41) is 7.05. The summed E-state index contributed by atoms with van der Waals surface area (Å²) in [5.74, 6) is 0. The van der Waals surface area contributed by atoms with Crippen molar-refractivity contribution < 1.29 is 0 Å². The Balaban J connectivity index is 1.68. The summed E-state index contributed by atoms with van der Waals surface area (Å²) in [6.07, 6.45) is 1.80. The number of aromatic nitrogens is 1. The average molecular weight is 293 g/mol. The molecule has 1 heterocycles. The third-order valence-electron chi connectivity index (χ3n) is 2.99. The highest BCUT2D eigenvalue weighted by Gasteiger charge is 2.02. The first-order chi connectivity index (χ1) is 10.3. The minimum Gasteiger partial charge on any atom is -0.253 e. The maximum absolute atomic E-state index is 4.52. The highest BCUT2D eigenvalue weighted by molar-refractivity contribution is 7.14. The molecule has 0 fully saturated rings. The van der Waals surface area contributed by atoms with Gasteiger partial charge in [0.25, 0.3) is 0 Å². The third-order valence-corrected chi connectivity index (χ3v) is 3.74. The Bertz CT molecular complexity index is 747. The first-order valence-corrected chi connectivity index (χ1v) is 7.56. The van der Waals surface area contributed by atoms with Crippen molar-refractivity contribution in [3.05, 3.63) is 71.1 Å². The molecule has 0 atom stereocenters. The molecule has 0 aliphatic rings. The second-order valence-corrected chi connectivity index (χ2v) is 5.55. The molecule has 0 radical (unpaired) electrons. The number of aryl methyl sites for hydroxylation is 1. The quantitative estimate of drug-likeness (QED) is 0.565. The standard InChI is InChI=1S/C17H15N3S/c1-13-6-5-7-14(10-13)11-18-20-17-19-16(12-21-17)15-8-3-2-4-9-15/h2-12H,1H3,(H,19,20). The number of hydrogen-bond donors (Lipinski definition) is 1. The summed E-state index contributed by atoms with van der Waals surface area (Å²) in [6, 6.07) is 18.3. The molecule has 3 nitrogen and oxygen atoms in total. The van der Waals surface area contributed by atoms with E-state index in [0.717, 1.165) is 22.0 Å². The van der Waals surface area contributed by atoms with E-state index in [1.807, 2.05) is 35.7 Å². The van der Waals surface area contributed by atoms with E-state index in [9.17, 15) is 0 Å². The second kappa shape index (κ2) is 6.33. The Morgan fingerprint density at radius 1 is 1.10 bits per heavy atom. The Morgan fingerprint density at radius 2 is 1.95 bits per heavy atom. The van der Waals surface area contributed by atoms with Crippen LogP contribution in [0.3, 0.4) is 0 Å². The average Bonchev–Trinajstić information content (AvgIpc) is 2.97. The molecule has 0 bridgehead atoms. The van der Waals surface area contributed by atoms with Gasteiger partial charge in [-0.1, -0.05) is 60.2 Å². The molecule has 104 valence electrons. The van der Waals surface area contributed by atoms with Gasteiger partial charge < -0.3 is 0 Å². The minimum absolute atomic E-state index is 0.790. The van der Waals surface area contributed by atoms with Crippen molar-refractivity contribution in [2.45, 2.75) is 6.92 Å². The molecule has 0 saturated carbocycles. The topological polar surface area (TPSA) is 37.3 Å². The summed E-state index contributed by atoms with van der Waals surface area (Å²) in [6.45, 7) is 2.07. The SMILES string of the molecule is Cc1cccc(C=NNc2nc(-c3ccccc3)cs2)c1. The van der Waals surface area contributed by atoms with Crippen LogP contribution in [0.4, 0.5) is 5.13 Å². The second-order valence-electron chi connectivity index (χ2n) is 4.69. The van der Waals surface area contributed by atoms with E-state index in [0.29, 0.717) is 0 Å². The number of thiazole rings is 1. The van der Waals surface area contributed by atoms with Crippen LogP contribution >= 0.6 is 11.3 Å². The Kier molecular flexibility index (Phi) is 4.07. The zero-order valence-corrected chi connectivity index (χ0v) is 12.5. The number of hydrazone groups is 1. The number of rotatable bonds is 4. The highest BCUT2D eigenvalue weighted by atomic mass is 32.1. The molecule has 2 aromatic carbocycles. The zero-order chi connectivity index (χ0) is 14.5. The van der Waals surface area contributed by atoms with E-state index in [1.54, 1.807) is 17.6 Å². The maximum atomic E-state index is 4.52. The fourth-order valence-corrected chi connectivity index (χ4v) is 2.65. The van der Waals surface area contributed by atoms with Crippen molar-refractivity contribution in [3.63, 3.8) is 0 Å². The summed E-state index contributed by atoms with van der Waals surface area (Å²) in [5.41, 5.74) is 7.35. The Labute approximate surface area is 128 Å². The van der Waals surface area contributed by atoms with Crippen molar-refractivity contribution in [2.24, 2.45) is 5.10 Å². The summed E-state index contributed by atoms with van der Waals surface area (Å²) in [7, 11) is 0. The molecule has 3 rings (SSSR count). The lowest BCUT2D eigenvalue weighted by Crippen LogP contribution is -1.90. The van der Waals surface area contributed by atoms with Gasteiger partial charge in [-0.05, 0) is 12.5 Å². The number of nitrogens with one attached hydrogen (secondary N) is 1.